The van der Waals surface area contributed by atoms with E-state index in [0.29, 0.717) is 12.3 Å². The molecular formula is C31H31N5O3. The van der Waals surface area contributed by atoms with Gasteiger partial charge in [0.15, 0.2) is 0 Å². The molecule has 0 unspecified atom stereocenters. The fourth-order valence-electron chi connectivity index (χ4n) is 5.25. The van der Waals surface area contributed by atoms with Crippen molar-refractivity contribution in [2.75, 3.05) is 36.1 Å². The summed E-state index contributed by atoms with van der Waals surface area (Å²) in [6, 6.07) is 21.8. The summed E-state index contributed by atoms with van der Waals surface area (Å²) in [7, 11) is 1.99. The van der Waals surface area contributed by atoms with Crippen molar-refractivity contribution in [2.45, 2.75) is 19.4 Å². The molecule has 0 radical (unpaired) electrons. The van der Waals surface area contributed by atoms with Crippen molar-refractivity contribution in [1.82, 2.24) is 14.5 Å². The molecule has 8 heteroatoms. The Morgan fingerprint density at radius 2 is 1.85 bits per heavy atom. The van der Waals surface area contributed by atoms with Crippen LogP contribution in [0.1, 0.15) is 23.1 Å². The van der Waals surface area contributed by atoms with Gasteiger partial charge >= 0.3 is 0 Å². The van der Waals surface area contributed by atoms with E-state index < -0.39 is 6.04 Å². The number of hydrogen-bond acceptors (Lipinski definition) is 6. The standard InChI is InChI=1S/C31H31N5O3/c1-22-6-11-29-24(17-22)18-30(39-29)36(21-37)27(19-25-5-3-4-12-32-25)31-33-20-28(34(31)2)23-7-9-26(10-8-23)35-13-15-38-16-14-35/h3-12,17-18,20-21,27H,13-16,19H2,1-2H3/t27-/m0/s1. The Morgan fingerprint density at radius 1 is 1.03 bits per heavy atom. The summed E-state index contributed by atoms with van der Waals surface area (Å²) >= 11 is 0. The van der Waals surface area contributed by atoms with Crippen molar-refractivity contribution >= 4 is 29.0 Å². The zero-order chi connectivity index (χ0) is 26.8. The van der Waals surface area contributed by atoms with Gasteiger partial charge in [-0.15, -0.1) is 0 Å². The highest BCUT2D eigenvalue weighted by Gasteiger charge is 2.29. The van der Waals surface area contributed by atoms with E-state index in [4.69, 9.17) is 14.1 Å². The van der Waals surface area contributed by atoms with Crippen molar-refractivity contribution in [1.29, 1.82) is 0 Å². The molecule has 1 aliphatic rings. The van der Waals surface area contributed by atoms with Gasteiger partial charge in [0.2, 0.25) is 12.3 Å². The first-order valence-corrected chi connectivity index (χ1v) is 13.2. The molecule has 0 bridgehead atoms. The van der Waals surface area contributed by atoms with Crippen LogP contribution >= 0.6 is 0 Å². The fourth-order valence-corrected chi connectivity index (χ4v) is 5.25. The Morgan fingerprint density at radius 3 is 2.59 bits per heavy atom. The molecule has 6 rings (SSSR count). The minimum absolute atomic E-state index is 0.426. The normalized spacial score (nSPS) is 14.5. The van der Waals surface area contributed by atoms with Crippen LogP contribution in [0, 0.1) is 6.92 Å². The molecule has 39 heavy (non-hydrogen) atoms. The minimum atomic E-state index is -0.426. The van der Waals surface area contributed by atoms with Crippen LogP contribution in [0.15, 0.2) is 83.5 Å². The third-order valence-corrected chi connectivity index (χ3v) is 7.35. The molecular weight excluding hydrogens is 490 g/mol. The fraction of sp³-hybridized carbons (Fsp3) is 0.258. The molecule has 2 aromatic carbocycles. The number of morpholine rings is 1. The maximum Gasteiger partial charge on any atom is 0.217 e. The van der Waals surface area contributed by atoms with Gasteiger partial charge in [-0.3, -0.25) is 14.7 Å². The van der Waals surface area contributed by atoms with Crippen LogP contribution in [-0.4, -0.2) is 47.2 Å². The lowest BCUT2D eigenvalue weighted by atomic mass is 10.1. The van der Waals surface area contributed by atoms with E-state index >= 15 is 0 Å². The zero-order valence-corrected chi connectivity index (χ0v) is 22.2. The molecule has 5 aromatic rings. The van der Waals surface area contributed by atoms with Crippen LogP contribution in [0.2, 0.25) is 0 Å². The topological polar surface area (TPSA) is 76.6 Å². The Balaban J connectivity index is 1.36. The molecule has 1 atom stereocenters. The Bertz CT molecular complexity index is 1570. The summed E-state index contributed by atoms with van der Waals surface area (Å²) in [4.78, 5) is 25.9. The van der Waals surface area contributed by atoms with Crippen molar-refractivity contribution in [2.24, 2.45) is 7.05 Å². The molecule has 0 N–H and O–H groups in total. The van der Waals surface area contributed by atoms with E-state index in [1.165, 1.54) is 5.69 Å². The number of benzene rings is 2. The monoisotopic (exact) mass is 521 g/mol. The number of imidazole rings is 1. The number of hydrogen-bond donors (Lipinski definition) is 0. The number of aromatic nitrogens is 3. The number of fused-ring (bicyclic) bond motifs is 1. The minimum Gasteiger partial charge on any atom is -0.440 e. The van der Waals surface area contributed by atoms with Gasteiger partial charge in [-0.1, -0.05) is 29.8 Å². The Hall–Kier alpha value is -4.43. The number of carbonyl (C=O) groups is 1. The molecule has 1 saturated heterocycles. The maximum atomic E-state index is 12.6. The third kappa shape index (κ3) is 5.03. The van der Waals surface area contributed by atoms with Gasteiger partial charge in [0.1, 0.15) is 17.4 Å². The van der Waals surface area contributed by atoms with Crippen LogP contribution < -0.4 is 9.80 Å². The molecule has 1 amide bonds. The number of rotatable bonds is 8. The van der Waals surface area contributed by atoms with Crippen molar-refractivity contribution in [3.8, 4) is 11.3 Å². The number of anilines is 2. The lowest BCUT2D eigenvalue weighted by molar-refractivity contribution is -0.108. The maximum absolute atomic E-state index is 12.6. The van der Waals surface area contributed by atoms with E-state index in [-0.39, 0.29) is 0 Å². The number of amides is 1. The molecule has 0 aliphatic carbocycles. The van der Waals surface area contributed by atoms with Gasteiger partial charge in [-0.25, -0.2) is 4.98 Å². The second-order valence-electron chi connectivity index (χ2n) is 9.89. The van der Waals surface area contributed by atoms with Gasteiger partial charge < -0.3 is 18.6 Å². The smallest absolute Gasteiger partial charge is 0.217 e. The quantitative estimate of drug-likeness (QED) is 0.257. The molecule has 0 spiro atoms. The summed E-state index contributed by atoms with van der Waals surface area (Å²) in [6.45, 7) is 5.34. The summed E-state index contributed by atoms with van der Waals surface area (Å²) < 4.78 is 13.7. The lowest BCUT2D eigenvalue weighted by Gasteiger charge is -2.29. The van der Waals surface area contributed by atoms with E-state index in [9.17, 15) is 4.79 Å². The number of nitrogens with zero attached hydrogens (tertiary/aromatic N) is 5. The highest BCUT2D eigenvalue weighted by atomic mass is 16.5. The van der Waals surface area contributed by atoms with Crippen molar-refractivity contribution in [3.63, 3.8) is 0 Å². The van der Waals surface area contributed by atoms with E-state index in [1.54, 1.807) is 11.1 Å². The summed E-state index contributed by atoms with van der Waals surface area (Å²) in [5, 5.41) is 0.953. The van der Waals surface area contributed by atoms with Crippen molar-refractivity contribution in [3.05, 3.63) is 96.2 Å². The van der Waals surface area contributed by atoms with Crippen LogP contribution in [0.4, 0.5) is 11.6 Å². The molecule has 3 aromatic heterocycles. The Kier molecular flexibility index (Phi) is 6.85. The largest absolute Gasteiger partial charge is 0.440 e. The predicted molar refractivity (Wildman–Crippen MR) is 152 cm³/mol. The van der Waals surface area contributed by atoms with Crippen LogP contribution in [-0.2, 0) is 23.0 Å². The van der Waals surface area contributed by atoms with Gasteiger partial charge in [0.25, 0.3) is 0 Å². The Labute approximate surface area is 227 Å². The highest BCUT2D eigenvalue weighted by molar-refractivity contribution is 5.85. The highest BCUT2D eigenvalue weighted by Crippen LogP contribution is 2.34. The van der Waals surface area contributed by atoms with Crippen LogP contribution in [0.5, 0.6) is 0 Å². The second kappa shape index (κ2) is 10.7. The SMILES string of the molecule is Cc1ccc2oc(N(C=O)[C@@H](Cc3ccccn3)c3ncc(-c4ccc(N5CCOCC5)cc4)n3C)cc2c1. The lowest BCUT2D eigenvalue weighted by Crippen LogP contribution is -2.36. The number of ether oxygens (including phenoxy) is 1. The van der Waals surface area contributed by atoms with E-state index in [0.717, 1.165) is 72.0 Å². The first kappa shape index (κ1) is 24.9. The summed E-state index contributed by atoms with van der Waals surface area (Å²) in [5.41, 5.74) is 5.94. The average Bonchev–Trinajstić information content (AvgIpc) is 3.57. The second-order valence-corrected chi connectivity index (χ2v) is 9.89. The van der Waals surface area contributed by atoms with Gasteiger partial charge in [-0.05, 0) is 48.9 Å². The van der Waals surface area contributed by atoms with Crippen LogP contribution in [0.3, 0.4) is 0 Å². The summed E-state index contributed by atoms with van der Waals surface area (Å²) in [5.74, 6) is 1.22. The summed E-state index contributed by atoms with van der Waals surface area (Å²) in [6.07, 6.45) is 4.94. The first-order chi connectivity index (χ1) is 19.1. The van der Waals surface area contributed by atoms with E-state index in [1.807, 2.05) is 56.6 Å². The van der Waals surface area contributed by atoms with Crippen molar-refractivity contribution < 1.29 is 13.9 Å². The number of pyridine rings is 1. The third-order valence-electron chi connectivity index (χ3n) is 7.35. The zero-order valence-electron chi connectivity index (χ0n) is 22.2. The van der Waals surface area contributed by atoms with Gasteiger partial charge in [0.05, 0.1) is 25.1 Å². The molecule has 8 nitrogen and oxygen atoms in total. The molecule has 1 fully saturated rings. The van der Waals surface area contributed by atoms with E-state index in [2.05, 4.69) is 44.8 Å². The number of aryl methyl sites for hydroxylation is 1. The first-order valence-electron chi connectivity index (χ1n) is 13.2. The molecule has 198 valence electrons. The molecule has 4 heterocycles. The van der Waals surface area contributed by atoms with Crippen LogP contribution in [0.25, 0.3) is 22.2 Å². The number of carbonyl (C=O) groups excluding carboxylic acids is 1. The molecule has 1 aliphatic heterocycles. The number of furan rings is 1. The predicted octanol–water partition coefficient (Wildman–Crippen LogP) is 5.32. The molecule has 0 saturated carbocycles. The van der Waals surface area contributed by atoms with Gasteiger partial charge in [0, 0.05) is 55.6 Å². The van der Waals surface area contributed by atoms with Gasteiger partial charge in [-0.2, -0.15) is 0 Å². The average molecular weight is 522 g/mol.